The normalized spacial score (nSPS) is 8.42. The number of carbonyl (C=O) groups excluding carboxylic acids is 1. The summed E-state index contributed by atoms with van der Waals surface area (Å²) in [4.78, 5) is 11.3. The van der Waals surface area contributed by atoms with Crippen molar-refractivity contribution in [2.45, 2.75) is 4.90 Å². The molecule has 0 aliphatic heterocycles. The van der Waals surface area contributed by atoms with Gasteiger partial charge in [-0.25, -0.2) is 0 Å². The molecular formula is C8H8CuNOS. The maximum Gasteiger partial charge on any atom is 1.00 e. The molecule has 2 nitrogen and oxygen atoms in total. The fraction of sp³-hybridized carbons (Fsp3) is 0. The number of hydrogen-bond donors (Lipinski definition) is 2. The first-order valence-corrected chi connectivity index (χ1v) is 3.55. The van der Waals surface area contributed by atoms with Crippen molar-refractivity contribution in [3.63, 3.8) is 0 Å². The molecule has 0 unspecified atom stereocenters. The average molecular weight is 230 g/mol. The van der Waals surface area contributed by atoms with E-state index < -0.39 is 0 Å². The molecule has 1 aromatic rings. The number of thiol groups is 1. The van der Waals surface area contributed by atoms with E-state index in [9.17, 15) is 4.79 Å². The van der Waals surface area contributed by atoms with Gasteiger partial charge in [0.05, 0.1) is 5.91 Å². The molecule has 0 saturated heterocycles. The summed E-state index contributed by atoms with van der Waals surface area (Å²) in [6, 6.07) is 7.14. The Balaban J connectivity index is 0.00000121. The predicted molar refractivity (Wildman–Crippen MR) is 47.7 cm³/mol. The van der Waals surface area contributed by atoms with E-state index in [1.165, 1.54) is 0 Å². The Morgan fingerprint density at radius 3 is 2.25 bits per heavy atom. The van der Waals surface area contributed by atoms with Gasteiger partial charge in [-0.1, -0.05) is 0 Å². The molecule has 0 aromatic heterocycles. The largest absolute Gasteiger partial charge is 1.00 e. The van der Waals surface area contributed by atoms with Crippen LogP contribution in [-0.4, -0.2) is 5.91 Å². The number of nitrogens with one attached hydrogen (secondary N) is 1. The Morgan fingerprint density at radius 1 is 1.33 bits per heavy atom. The minimum atomic E-state index is -0.308. The van der Waals surface area contributed by atoms with E-state index in [-0.39, 0.29) is 23.0 Å². The summed E-state index contributed by atoms with van der Waals surface area (Å²) < 4.78 is 0. The fourth-order valence-electron chi connectivity index (χ4n) is 0.706. The van der Waals surface area contributed by atoms with Gasteiger partial charge in [-0.2, -0.15) is 0 Å². The molecule has 12 heavy (non-hydrogen) atoms. The van der Waals surface area contributed by atoms with Crippen LogP contribution in [0, 0.1) is 6.92 Å². The van der Waals surface area contributed by atoms with Gasteiger partial charge in [0.15, 0.2) is 0 Å². The molecule has 0 fully saturated rings. The smallest absolute Gasteiger partial charge is 0.351 e. The Bertz CT molecular complexity index is 260. The maximum atomic E-state index is 10.5. The number of benzene rings is 1. The summed E-state index contributed by atoms with van der Waals surface area (Å²) in [6.45, 7) is 3.19. The van der Waals surface area contributed by atoms with Gasteiger partial charge in [-0.3, -0.25) is 0 Å². The third-order valence-corrected chi connectivity index (χ3v) is 1.45. The van der Waals surface area contributed by atoms with Crippen molar-refractivity contribution in [1.29, 1.82) is 0 Å². The zero-order valence-corrected chi connectivity index (χ0v) is 8.01. The van der Waals surface area contributed by atoms with Gasteiger partial charge in [0.1, 0.15) is 0 Å². The summed E-state index contributed by atoms with van der Waals surface area (Å²) in [5, 5.41) is 2.55. The first-order chi connectivity index (χ1) is 5.18. The minimum Gasteiger partial charge on any atom is -0.351 e. The van der Waals surface area contributed by atoms with E-state index in [1.54, 1.807) is 24.3 Å². The Morgan fingerprint density at radius 2 is 1.83 bits per heavy atom. The van der Waals surface area contributed by atoms with E-state index in [0.717, 1.165) is 10.6 Å². The number of carbonyl (C=O) groups is 1. The molecule has 0 radical (unpaired) electrons. The molecule has 0 saturated carbocycles. The minimum absolute atomic E-state index is 0. The van der Waals surface area contributed by atoms with Crippen LogP contribution >= 0.6 is 12.6 Å². The van der Waals surface area contributed by atoms with Crippen molar-refractivity contribution in [2.75, 3.05) is 5.32 Å². The number of rotatable bonds is 1. The third kappa shape index (κ3) is 3.72. The molecule has 0 heterocycles. The first kappa shape index (κ1) is 11.4. The van der Waals surface area contributed by atoms with Crippen LogP contribution in [0.5, 0.6) is 0 Å². The monoisotopic (exact) mass is 229 g/mol. The summed E-state index contributed by atoms with van der Waals surface area (Å²) in [7, 11) is 0. The van der Waals surface area contributed by atoms with E-state index in [4.69, 9.17) is 0 Å². The van der Waals surface area contributed by atoms with E-state index in [2.05, 4.69) is 24.9 Å². The van der Waals surface area contributed by atoms with Crippen LogP contribution < -0.4 is 5.32 Å². The molecule has 1 amide bonds. The molecule has 0 aliphatic rings. The molecule has 1 N–H and O–H groups in total. The van der Waals surface area contributed by atoms with Crippen LogP contribution in [-0.2, 0) is 21.9 Å². The average Bonchev–Trinajstić information content (AvgIpc) is 1.93. The zero-order valence-electron chi connectivity index (χ0n) is 6.17. The third-order valence-electron chi connectivity index (χ3n) is 1.15. The first-order valence-electron chi connectivity index (χ1n) is 3.10. The second-order valence-corrected chi connectivity index (χ2v) is 2.61. The molecule has 1 aromatic carbocycles. The molecular weight excluding hydrogens is 222 g/mol. The van der Waals surface area contributed by atoms with Gasteiger partial charge >= 0.3 is 17.1 Å². The second kappa shape index (κ2) is 5.14. The van der Waals surface area contributed by atoms with Gasteiger partial charge in [0.25, 0.3) is 0 Å². The summed E-state index contributed by atoms with van der Waals surface area (Å²) in [5.41, 5.74) is 0.739. The fourth-order valence-corrected chi connectivity index (χ4v) is 0.855. The Hall–Kier alpha value is -0.571. The summed E-state index contributed by atoms with van der Waals surface area (Å²) >= 11 is 4.09. The molecule has 0 aliphatic carbocycles. The molecule has 0 spiro atoms. The van der Waals surface area contributed by atoms with E-state index in [0.29, 0.717) is 0 Å². The van der Waals surface area contributed by atoms with Crippen LogP contribution in [0.1, 0.15) is 0 Å². The van der Waals surface area contributed by atoms with Crippen molar-refractivity contribution in [1.82, 2.24) is 0 Å². The Labute approximate surface area is 87.6 Å². The Kier molecular flexibility index (Phi) is 4.90. The van der Waals surface area contributed by atoms with Crippen LogP contribution in [0.2, 0.25) is 0 Å². The van der Waals surface area contributed by atoms with Crippen LogP contribution in [0.3, 0.4) is 0 Å². The van der Waals surface area contributed by atoms with Gasteiger partial charge in [-0.15, -0.1) is 12.6 Å². The van der Waals surface area contributed by atoms with Crippen LogP contribution in [0.15, 0.2) is 29.2 Å². The van der Waals surface area contributed by atoms with Crippen molar-refractivity contribution < 1.29 is 21.9 Å². The van der Waals surface area contributed by atoms with Crippen LogP contribution in [0.25, 0.3) is 0 Å². The van der Waals surface area contributed by atoms with Gasteiger partial charge < -0.3 is 17.0 Å². The second-order valence-electron chi connectivity index (χ2n) is 2.10. The topological polar surface area (TPSA) is 29.1 Å². The predicted octanol–water partition coefficient (Wildman–Crippen LogP) is 1.75. The van der Waals surface area contributed by atoms with Gasteiger partial charge in [0, 0.05) is 10.6 Å². The van der Waals surface area contributed by atoms with Crippen molar-refractivity contribution in [2.24, 2.45) is 0 Å². The van der Waals surface area contributed by atoms with E-state index in [1.807, 2.05) is 0 Å². The van der Waals surface area contributed by atoms with Crippen molar-refractivity contribution >= 4 is 24.2 Å². The summed E-state index contributed by atoms with van der Waals surface area (Å²) in [6.07, 6.45) is 0. The van der Waals surface area contributed by atoms with E-state index >= 15 is 0 Å². The molecule has 0 bridgehead atoms. The molecule has 0 atom stereocenters. The molecule has 4 heteroatoms. The number of hydrogen-bond acceptors (Lipinski definition) is 2. The maximum absolute atomic E-state index is 10.5. The van der Waals surface area contributed by atoms with Crippen molar-refractivity contribution in [3.05, 3.63) is 31.2 Å². The SMILES string of the molecule is [CH2-]C(=O)Nc1ccc(S)cc1.[Cu+]. The zero-order chi connectivity index (χ0) is 8.27. The molecule has 1 rings (SSSR count). The summed E-state index contributed by atoms with van der Waals surface area (Å²) in [5.74, 6) is -0.308. The number of amides is 1. The standard InChI is InChI=1S/C8H8NOS.Cu/c1-6(10)9-7-2-4-8(11)5-3-7;/h2-5,11H,1H2,(H,9,10);/q-1;+1. The van der Waals surface area contributed by atoms with Gasteiger partial charge in [0.2, 0.25) is 0 Å². The quantitative estimate of drug-likeness (QED) is 0.429. The van der Waals surface area contributed by atoms with Crippen LogP contribution in [0.4, 0.5) is 5.69 Å². The van der Waals surface area contributed by atoms with Crippen molar-refractivity contribution in [3.8, 4) is 0 Å². The van der Waals surface area contributed by atoms with Gasteiger partial charge in [-0.05, 0) is 24.3 Å². The molecule has 68 valence electrons. The number of anilines is 1.